The van der Waals surface area contributed by atoms with E-state index in [1.807, 2.05) is 13.8 Å². The van der Waals surface area contributed by atoms with Crippen molar-refractivity contribution in [2.24, 2.45) is 0 Å². The van der Waals surface area contributed by atoms with Gasteiger partial charge in [-0.05, 0) is 63.9 Å². The number of halogens is 4. The highest BCUT2D eigenvalue weighted by Crippen LogP contribution is 2.50. The average molecular weight is 467 g/mol. The third-order valence-electron chi connectivity index (χ3n) is 6.13. The second-order valence-electron chi connectivity index (χ2n) is 8.95. The largest absolute Gasteiger partial charge is 0.419 e. The number of aromatic nitrogens is 4. The summed E-state index contributed by atoms with van der Waals surface area (Å²) in [5.74, 6) is 5.67. The molecule has 0 saturated heterocycles. The Balaban J connectivity index is 1.95. The highest BCUT2D eigenvalue weighted by molar-refractivity contribution is 6.00. The van der Waals surface area contributed by atoms with Crippen molar-refractivity contribution in [2.45, 2.75) is 46.3 Å². The van der Waals surface area contributed by atoms with Crippen LogP contribution in [0.15, 0.2) is 24.4 Å². The van der Waals surface area contributed by atoms with E-state index in [4.69, 9.17) is 0 Å². The van der Waals surface area contributed by atoms with Crippen LogP contribution in [-0.4, -0.2) is 19.7 Å². The van der Waals surface area contributed by atoms with Crippen molar-refractivity contribution in [1.29, 1.82) is 0 Å². The van der Waals surface area contributed by atoms with Crippen molar-refractivity contribution in [2.75, 3.05) is 5.32 Å². The van der Waals surface area contributed by atoms with Crippen molar-refractivity contribution in [3.05, 3.63) is 58.6 Å². The molecule has 0 atom stereocenters. The Morgan fingerprint density at radius 3 is 2.47 bits per heavy atom. The lowest BCUT2D eigenvalue weighted by atomic mass is 9.89. The van der Waals surface area contributed by atoms with Gasteiger partial charge in [0.2, 0.25) is 0 Å². The Labute approximate surface area is 193 Å². The molecule has 0 spiro atoms. The van der Waals surface area contributed by atoms with Crippen LogP contribution >= 0.6 is 0 Å². The number of rotatable bonds is 1. The van der Waals surface area contributed by atoms with Gasteiger partial charge in [-0.2, -0.15) is 13.2 Å². The van der Waals surface area contributed by atoms with Crippen LogP contribution in [0.3, 0.4) is 0 Å². The van der Waals surface area contributed by atoms with E-state index < -0.39 is 23.1 Å². The molecule has 4 aromatic rings. The highest BCUT2D eigenvalue weighted by atomic mass is 19.4. The number of aryl methyl sites for hydroxylation is 2. The Morgan fingerprint density at radius 2 is 1.79 bits per heavy atom. The molecule has 1 aliphatic rings. The lowest BCUT2D eigenvalue weighted by Crippen LogP contribution is -2.37. The molecule has 2 aromatic carbocycles. The molecule has 0 unspecified atom stereocenters. The molecule has 5 nitrogen and oxygen atoms in total. The molecule has 0 amide bonds. The molecule has 2 N–H and O–H groups in total. The number of anilines is 1. The smallest absolute Gasteiger partial charge is 0.371 e. The standard InChI is InChI=1S/C25H21F4N5/c1-6-7-14-11-30-21-16(14)9-15(26)10-18(21)17-8-12(2)20-22(19(17)25(27,28)29)34-13(3)32-33-23(34)24(4,5)31-20/h8-11,30-31H,1-5H3. The van der Waals surface area contributed by atoms with Gasteiger partial charge in [0.05, 0.1) is 28.0 Å². The van der Waals surface area contributed by atoms with Gasteiger partial charge in [-0.15, -0.1) is 16.1 Å². The molecule has 9 heteroatoms. The number of fused-ring (bicyclic) bond motifs is 4. The lowest BCUT2D eigenvalue weighted by Gasteiger charge is -2.37. The van der Waals surface area contributed by atoms with Gasteiger partial charge in [0.15, 0.2) is 5.82 Å². The maximum Gasteiger partial charge on any atom is 0.419 e. The first-order chi connectivity index (χ1) is 15.9. The van der Waals surface area contributed by atoms with E-state index in [0.29, 0.717) is 39.4 Å². The number of hydrogen-bond donors (Lipinski definition) is 2. The molecule has 0 aliphatic carbocycles. The number of H-pyrrole nitrogens is 1. The zero-order valence-corrected chi connectivity index (χ0v) is 19.2. The van der Waals surface area contributed by atoms with Crippen LogP contribution in [0.25, 0.3) is 27.7 Å². The first-order valence-electron chi connectivity index (χ1n) is 10.6. The van der Waals surface area contributed by atoms with E-state index in [1.54, 1.807) is 27.0 Å². The van der Waals surface area contributed by atoms with Gasteiger partial charge in [-0.25, -0.2) is 4.39 Å². The number of nitrogens with one attached hydrogen (secondary N) is 2. The summed E-state index contributed by atoms with van der Waals surface area (Å²) in [6.07, 6.45) is -3.17. The summed E-state index contributed by atoms with van der Waals surface area (Å²) >= 11 is 0. The van der Waals surface area contributed by atoms with Gasteiger partial charge in [0.1, 0.15) is 11.6 Å². The zero-order valence-electron chi connectivity index (χ0n) is 19.2. The highest BCUT2D eigenvalue weighted by Gasteiger charge is 2.44. The monoisotopic (exact) mass is 467 g/mol. The number of benzene rings is 2. The van der Waals surface area contributed by atoms with Crippen molar-refractivity contribution in [3.63, 3.8) is 0 Å². The number of hydrogen-bond acceptors (Lipinski definition) is 3. The first kappa shape index (κ1) is 22.0. The summed E-state index contributed by atoms with van der Waals surface area (Å²) in [6.45, 7) is 8.66. The molecular formula is C25H21F4N5. The second-order valence-corrected chi connectivity index (χ2v) is 8.95. The molecule has 1 aliphatic heterocycles. The number of alkyl halides is 3. The van der Waals surface area contributed by atoms with Gasteiger partial charge in [0.25, 0.3) is 0 Å². The Morgan fingerprint density at radius 1 is 1.06 bits per heavy atom. The zero-order chi connectivity index (χ0) is 24.6. The number of aromatic amines is 1. The number of nitrogens with zero attached hydrogens (tertiary/aromatic N) is 3. The van der Waals surface area contributed by atoms with Gasteiger partial charge in [-0.1, -0.05) is 5.92 Å². The van der Waals surface area contributed by atoms with Gasteiger partial charge < -0.3 is 10.3 Å². The minimum absolute atomic E-state index is 0.0862. The van der Waals surface area contributed by atoms with Gasteiger partial charge in [-0.3, -0.25) is 4.57 Å². The van der Waals surface area contributed by atoms with E-state index in [2.05, 4.69) is 32.3 Å². The maximum absolute atomic E-state index is 14.8. The Kier molecular flexibility index (Phi) is 4.60. The maximum atomic E-state index is 14.8. The van der Waals surface area contributed by atoms with E-state index in [-0.39, 0.29) is 16.8 Å². The molecule has 5 rings (SSSR count). The summed E-state index contributed by atoms with van der Waals surface area (Å²) in [4.78, 5) is 3.00. The summed E-state index contributed by atoms with van der Waals surface area (Å²) in [5.41, 5.74) is 0.0805. The van der Waals surface area contributed by atoms with E-state index in [1.165, 1.54) is 16.7 Å². The predicted octanol–water partition coefficient (Wildman–Crippen LogP) is 6.22. The topological polar surface area (TPSA) is 58.5 Å². The third-order valence-corrected chi connectivity index (χ3v) is 6.13. The van der Waals surface area contributed by atoms with E-state index in [0.717, 1.165) is 6.07 Å². The van der Waals surface area contributed by atoms with Crippen molar-refractivity contribution in [3.8, 4) is 28.7 Å². The fourth-order valence-electron chi connectivity index (χ4n) is 4.73. The fourth-order valence-corrected chi connectivity index (χ4v) is 4.73. The molecule has 3 heterocycles. The van der Waals surface area contributed by atoms with Crippen molar-refractivity contribution < 1.29 is 17.6 Å². The summed E-state index contributed by atoms with van der Waals surface area (Å²) in [7, 11) is 0. The second kappa shape index (κ2) is 7.10. The van der Waals surface area contributed by atoms with Crippen LogP contribution in [0, 0.1) is 31.5 Å². The molecule has 34 heavy (non-hydrogen) atoms. The molecule has 0 radical (unpaired) electrons. The van der Waals surface area contributed by atoms with Gasteiger partial charge >= 0.3 is 6.18 Å². The first-order valence-corrected chi connectivity index (χ1v) is 10.6. The predicted molar refractivity (Wildman–Crippen MR) is 122 cm³/mol. The summed E-state index contributed by atoms with van der Waals surface area (Å²) < 4.78 is 60.6. The van der Waals surface area contributed by atoms with Crippen molar-refractivity contribution >= 4 is 16.6 Å². The third kappa shape index (κ3) is 3.09. The minimum Gasteiger partial charge on any atom is -0.371 e. The molecule has 0 bridgehead atoms. The fraction of sp³-hybridized carbons (Fsp3) is 0.280. The van der Waals surface area contributed by atoms with E-state index in [9.17, 15) is 17.6 Å². The summed E-state index contributed by atoms with van der Waals surface area (Å²) in [5, 5.41) is 11.8. The molecule has 2 aromatic heterocycles. The average Bonchev–Trinajstić information content (AvgIpc) is 3.32. The van der Waals surface area contributed by atoms with Crippen LogP contribution in [0.2, 0.25) is 0 Å². The van der Waals surface area contributed by atoms with Crippen LogP contribution < -0.4 is 5.32 Å². The lowest BCUT2D eigenvalue weighted by molar-refractivity contribution is -0.137. The van der Waals surface area contributed by atoms with Gasteiger partial charge in [0, 0.05) is 22.7 Å². The van der Waals surface area contributed by atoms with Crippen LogP contribution in [0.5, 0.6) is 0 Å². The normalized spacial score (nSPS) is 14.3. The van der Waals surface area contributed by atoms with Crippen molar-refractivity contribution in [1.82, 2.24) is 19.7 Å². The van der Waals surface area contributed by atoms with Crippen LogP contribution in [0.4, 0.5) is 23.2 Å². The molecule has 0 saturated carbocycles. The molecule has 174 valence electrons. The van der Waals surface area contributed by atoms with E-state index >= 15 is 0 Å². The molecule has 0 fully saturated rings. The summed E-state index contributed by atoms with van der Waals surface area (Å²) in [6, 6.07) is 3.85. The minimum atomic E-state index is -4.75. The SMILES string of the molecule is CC#Cc1c[nH]c2c(-c3cc(C)c4c(c3C(F)(F)F)-n3c(C)nnc3C(C)(C)N4)cc(F)cc12. The molecular weight excluding hydrogens is 446 g/mol. The Hall–Kier alpha value is -3.80. The van der Waals surface area contributed by atoms with Crippen LogP contribution in [0.1, 0.15) is 49.1 Å². The quantitative estimate of drug-likeness (QED) is 0.258. The van der Waals surface area contributed by atoms with Crippen LogP contribution in [-0.2, 0) is 11.7 Å². The Bertz CT molecular complexity index is 1540.